The molecule has 0 atom stereocenters. The molecule has 0 spiro atoms. The molecule has 0 bridgehead atoms. The van der Waals surface area contributed by atoms with Crippen molar-refractivity contribution in [3.8, 4) is 0 Å². The average Bonchev–Trinajstić information content (AvgIpc) is 2.60. The van der Waals surface area contributed by atoms with Gasteiger partial charge < -0.3 is 11.5 Å². The normalized spacial score (nSPS) is 16.7. The van der Waals surface area contributed by atoms with Crippen LogP contribution in [0.15, 0.2) is 29.3 Å². The van der Waals surface area contributed by atoms with Crippen LogP contribution in [0.2, 0.25) is 0 Å². The second kappa shape index (κ2) is 7.69. The van der Waals surface area contributed by atoms with E-state index in [1.54, 1.807) is 12.1 Å². The van der Waals surface area contributed by atoms with Gasteiger partial charge in [0.15, 0.2) is 0 Å². The number of imide groups is 1. The molecule has 2 rings (SSSR count). The standard InChI is InChI=1S/C17H21N5O3/c1-3-9-21-14(19)13(16(24)22(10-4-2)17(21)25)20-15(23)11-5-7-12(18)8-6-11/h5-8,19H,3-4,9-10H2,1-2H3,(H2,18,23)/p+1. The summed E-state index contributed by atoms with van der Waals surface area (Å²) in [5.74, 6) is -1.36. The number of hydrogen-bond acceptors (Lipinski definition) is 5. The molecule has 4 N–H and O–H groups in total. The lowest BCUT2D eigenvalue weighted by Gasteiger charge is -2.22. The van der Waals surface area contributed by atoms with Gasteiger partial charge in [-0.15, -0.1) is 0 Å². The van der Waals surface area contributed by atoms with Gasteiger partial charge in [0.25, 0.3) is 11.7 Å². The van der Waals surface area contributed by atoms with E-state index >= 15 is 0 Å². The van der Waals surface area contributed by atoms with E-state index < -0.39 is 17.8 Å². The Morgan fingerprint density at radius 2 is 1.76 bits per heavy atom. The van der Waals surface area contributed by atoms with E-state index in [2.05, 4.69) is 4.99 Å². The quantitative estimate of drug-likeness (QED) is 0.609. The first kappa shape index (κ1) is 18.3. The van der Waals surface area contributed by atoms with Gasteiger partial charge in [0.1, 0.15) is 0 Å². The first-order chi connectivity index (χ1) is 11.9. The first-order valence-electron chi connectivity index (χ1n) is 8.15. The molecule has 1 aromatic rings. The number of nitrogens with zero attached hydrogens (tertiary/aromatic N) is 3. The Morgan fingerprint density at radius 3 is 2.32 bits per heavy atom. The third-order valence-corrected chi connectivity index (χ3v) is 3.71. The molecule has 8 nitrogen and oxygen atoms in total. The maximum atomic E-state index is 12.6. The van der Waals surface area contributed by atoms with Crippen LogP contribution in [-0.4, -0.2) is 52.0 Å². The summed E-state index contributed by atoms with van der Waals surface area (Å²) in [4.78, 5) is 42.3. The molecule has 1 heterocycles. The molecule has 1 aromatic carbocycles. The topological polar surface area (TPSA) is 122 Å². The summed E-state index contributed by atoms with van der Waals surface area (Å²) < 4.78 is 1.28. The van der Waals surface area contributed by atoms with Crippen LogP contribution in [0.25, 0.3) is 0 Å². The number of benzene rings is 1. The van der Waals surface area contributed by atoms with E-state index in [1.807, 2.05) is 13.8 Å². The second-order valence-corrected chi connectivity index (χ2v) is 5.66. The van der Waals surface area contributed by atoms with Crippen molar-refractivity contribution < 1.29 is 19.0 Å². The van der Waals surface area contributed by atoms with Crippen molar-refractivity contribution in [2.75, 3.05) is 18.8 Å². The molecule has 1 aliphatic heterocycles. The van der Waals surface area contributed by atoms with Gasteiger partial charge in [0.05, 0.1) is 13.1 Å². The number of anilines is 1. The van der Waals surface area contributed by atoms with Crippen molar-refractivity contribution in [2.24, 2.45) is 10.7 Å². The Morgan fingerprint density at radius 1 is 1.12 bits per heavy atom. The maximum absolute atomic E-state index is 12.6. The van der Waals surface area contributed by atoms with Crippen LogP contribution >= 0.6 is 0 Å². The first-order valence-corrected chi connectivity index (χ1v) is 8.15. The second-order valence-electron chi connectivity index (χ2n) is 5.66. The van der Waals surface area contributed by atoms with Gasteiger partial charge >= 0.3 is 11.9 Å². The molecule has 0 fully saturated rings. The highest BCUT2D eigenvalue weighted by Crippen LogP contribution is 2.10. The van der Waals surface area contributed by atoms with Gasteiger partial charge in [-0.1, -0.05) is 13.8 Å². The Hall–Kier alpha value is -3.03. The zero-order chi connectivity index (χ0) is 18.6. The number of nitrogens with two attached hydrogens (primary N) is 2. The van der Waals surface area contributed by atoms with Gasteiger partial charge in [0.2, 0.25) is 5.71 Å². The smallest absolute Gasteiger partial charge is 0.399 e. The Bertz CT molecular complexity index is 765. The van der Waals surface area contributed by atoms with Crippen LogP contribution < -0.4 is 11.5 Å². The zero-order valence-electron chi connectivity index (χ0n) is 14.4. The maximum Gasteiger partial charge on any atom is 0.446 e. The molecule has 0 aromatic heterocycles. The number of amides is 4. The summed E-state index contributed by atoms with van der Waals surface area (Å²) >= 11 is 0. The minimum atomic E-state index is -0.652. The summed E-state index contributed by atoms with van der Waals surface area (Å²) in [5.41, 5.74) is 12.2. The molecule has 132 valence electrons. The highest BCUT2D eigenvalue weighted by Gasteiger charge is 2.42. The molecule has 0 radical (unpaired) electrons. The fraction of sp³-hybridized carbons (Fsp3) is 0.353. The summed E-state index contributed by atoms with van der Waals surface area (Å²) in [6, 6.07) is 5.69. The van der Waals surface area contributed by atoms with Crippen molar-refractivity contribution in [3.63, 3.8) is 0 Å². The predicted molar refractivity (Wildman–Crippen MR) is 94.6 cm³/mol. The van der Waals surface area contributed by atoms with E-state index in [1.165, 1.54) is 16.7 Å². The zero-order valence-corrected chi connectivity index (χ0v) is 14.4. The lowest BCUT2D eigenvalue weighted by molar-refractivity contribution is -0.436. The van der Waals surface area contributed by atoms with Crippen LogP contribution in [0.5, 0.6) is 0 Å². The summed E-state index contributed by atoms with van der Waals surface area (Å²) in [6.45, 7) is 4.31. The number of nitrogen functional groups attached to an aromatic ring is 1. The fourth-order valence-corrected chi connectivity index (χ4v) is 2.46. The van der Waals surface area contributed by atoms with Crippen LogP contribution in [0.4, 0.5) is 10.5 Å². The highest BCUT2D eigenvalue weighted by molar-refractivity contribution is 6.68. The van der Waals surface area contributed by atoms with E-state index in [0.29, 0.717) is 25.1 Å². The fourth-order valence-electron chi connectivity index (χ4n) is 2.46. The van der Waals surface area contributed by atoms with Crippen LogP contribution in [0.1, 0.15) is 37.0 Å². The summed E-state index contributed by atoms with van der Waals surface area (Å²) in [6.07, 6.45) is 1.25. The van der Waals surface area contributed by atoms with Crippen molar-refractivity contribution in [2.45, 2.75) is 26.7 Å². The van der Waals surface area contributed by atoms with E-state index in [0.717, 1.165) is 4.90 Å². The molecule has 4 amide bonds. The lowest BCUT2D eigenvalue weighted by atomic mass is 10.2. The molecular formula is C17H22N5O3+. The molecular weight excluding hydrogens is 322 g/mol. The van der Waals surface area contributed by atoms with Crippen molar-refractivity contribution >= 4 is 35.1 Å². The number of rotatable bonds is 5. The number of amidine groups is 1. The number of hydrogen-bond donors (Lipinski definition) is 2. The van der Waals surface area contributed by atoms with Crippen molar-refractivity contribution in [3.05, 3.63) is 29.8 Å². The number of aliphatic imine (C=N–C) groups is 1. The average molecular weight is 344 g/mol. The highest BCUT2D eigenvalue weighted by atomic mass is 16.2. The Balaban J connectivity index is 2.48. The van der Waals surface area contributed by atoms with Crippen molar-refractivity contribution in [1.29, 1.82) is 0 Å². The molecule has 8 heteroatoms. The summed E-state index contributed by atoms with van der Waals surface area (Å²) in [5, 5.41) is 0. The molecule has 0 saturated heterocycles. The van der Waals surface area contributed by atoms with Gasteiger partial charge in [0, 0.05) is 11.3 Å². The number of urea groups is 1. The van der Waals surface area contributed by atoms with Crippen LogP contribution in [-0.2, 0) is 4.79 Å². The van der Waals surface area contributed by atoms with E-state index in [4.69, 9.17) is 11.5 Å². The molecule has 0 aliphatic carbocycles. The predicted octanol–water partition coefficient (Wildman–Crippen LogP) is 1.00. The number of carbonyl (C=O) groups excluding carboxylic acids is 3. The minimum absolute atomic E-state index is 0.0898. The van der Waals surface area contributed by atoms with E-state index in [-0.39, 0.29) is 23.7 Å². The molecule has 0 saturated carbocycles. The van der Waals surface area contributed by atoms with Gasteiger partial charge in [-0.05, 0) is 37.1 Å². The molecule has 0 unspecified atom stereocenters. The molecule has 1 aliphatic rings. The van der Waals surface area contributed by atoms with Crippen molar-refractivity contribution in [1.82, 2.24) is 4.90 Å². The third kappa shape index (κ3) is 3.73. The Labute approximate surface area is 145 Å². The molecule has 25 heavy (non-hydrogen) atoms. The monoisotopic (exact) mass is 344 g/mol. The Kier molecular flexibility index (Phi) is 5.63. The minimum Gasteiger partial charge on any atom is -0.399 e. The van der Waals surface area contributed by atoms with Crippen LogP contribution in [0, 0.1) is 0 Å². The summed E-state index contributed by atoms with van der Waals surface area (Å²) in [7, 11) is 0. The van der Waals surface area contributed by atoms with Gasteiger partial charge in [-0.25, -0.2) is 9.59 Å². The van der Waals surface area contributed by atoms with E-state index in [9.17, 15) is 14.4 Å². The number of carbonyl (C=O) groups is 3. The van der Waals surface area contributed by atoms with Crippen LogP contribution in [0.3, 0.4) is 0 Å². The lowest BCUT2D eigenvalue weighted by Crippen LogP contribution is -2.58. The van der Waals surface area contributed by atoms with Gasteiger partial charge in [-0.2, -0.15) is 14.5 Å². The van der Waals surface area contributed by atoms with Gasteiger partial charge in [-0.3, -0.25) is 4.79 Å². The SMILES string of the molecule is CCCN1C(=O)C(=NC(=O)c2ccc(N)cc2)C(N)=[N+](CCC)C1=O. The largest absolute Gasteiger partial charge is 0.446 e. The third-order valence-electron chi connectivity index (χ3n) is 3.71.